The Morgan fingerprint density at radius 2 is 1.57 bits per heavy atom. The van der Waals surface area contributed by atoms with Crippen LogP contribution in [0.25, 0.3) is 0 Å². The van der Waals surface area contributed by atoms with Gasteiger partial charge in [0, 0.05) is 12.3 Å². The Balaban J connectivity index is 1.56. The number of fused-ring (bicyclic) bond motifs is 5. The molecule has 198 valence electrons. The molecule has 4 saturated carbocycles. The molecule has 4 aliphatic rings. The van der Waals surface area contributed by atoms with Gasteiger partial charge in [-0.1, -0.05) is 58.9 Å². The molecule has 4 fully saturated rings. The SMILES string of the molecule is C=C(C)[C@H](O)CCC(=C)[C@H]1CC[C@@]2(C)[C@H]1CC[C@@H]1[C@@]3(C)CC[C@H](OC(C)=O)C(C)(C)[C@@H]3CC[C@]12C. The number of hydrogen-bond acceptors (Lipinski definition) is 3. The van der Waals surface area contributed by atoms with Crippen molar-refractivity contribution in [2.24, 2.45) is 45.3 Å². The van der Waals surface area contributed by atoms with Crippen LogP contribution in [0, 0.1) is 45.3 Å². The minimum absolute atomic E-state index is 0.0222. The monoisotopic (exact) mass is 484 g/mol. The molecule has 0 saturated heterocycles. The van der Waals surface area contributed by atoms with Crippen molar-refractivity contribution < 1.29 is 14.6 Å². The van der Waals surface area contributed by atoms with Gasteiger partial charge in [-0.3, -0.25) is 4.79 Å². The number of ether oxygens (including phenoxy) is 1. The second kappa shape index (κ2) is 9.03. The maximum Gasteiger partial charge on any atom is 0.302 e. The van der Waals surface area contributed by atoms with E-state index in [1.165, 1.54) is 50.5 Å². The highest BCUT2D eigenvalue weighted by atomic mass is 16.5. The van der Waals surface area contributed by atoms with E-state index in [1.54, 1.807) is 6.92 Å². The van der Waals surface area contributed by atoms with Crippen LogP contribution in [0.2, 0.25) is 0 Å². The molecule has 1 N–H and O–H groups in total. The Bertz CT molecular complexity index is 872. The zero-order valence-electron chi connectivity index (χ0n) is 23.7. The van der Waals surface area contributed by atoms with Crippen LogP contribution in [-0.2, 0) is 9.53 Å². The van der Waals surface area contributed by atoms with Crippen molar-refractivity contribution in [1.82, 2.24) is 0 Å². The summed E-state index contributed by atoms with van der Waals surface area (Å²) < 4.78 is 5.87. The minimum Gasteiger partial charge on any atom is -0.462 e. The van der Waals surface area contributed by atoms with E-state index in [-0.39, 0.29) is 17.5 Å². The first-order chi connectivity index (χ1) is 16.2. The number of rotatable bonds is 6. The highest BCUT2D eigenvalue weighted by Crippen LogP contribution is 2.75. The molecule has 0 spiro atoms. The molecule has 9 atom stereocenters. The van der Waals surface area contributed by atoms with Gasteiger partial charge in [-0.05, 0) is 111 Å². The van der Waals surface area contributed by atoms with E-state index in [9.17, 15) is 9.90 Å². The summed E-state index contributed by atoms with van der Waals surface area (Å²) in [6, 6.07) is 0. The van der Waals surface area contributed by atoms with Crippen molar-refractivity contribution in [2.45, 2.75) is 125 Å². The van der Waals surface area contributed by atoms with Crippen molar-refractivity contribution in [3.8, 4) is 0 Å². The summed E-state index contributed by atoms with van der Waals surface area (Å²) in [5.41, 5.74) is 3.25. The normalized spacial score (nSPS) is 45.0. The van der Waals surface area contributed by atoms with Gasteiger partial charge >= 0.3 is 5.97 Å². The molecule has 3 heteroatoms. The number of carbonyl (C=O) groups is 1. The third-order valence-corrected chi connectivity index (χ3v) is 12.5. The van der Waals surface area contributed by atoms with Crippen molar-refractivity contribution in [3.05, 3.63) is 24.3 Å². The topological polar surface area (TPSA) is 46.5 Å². The quantitative estimate of drug-likeness (QED) is 0.308. The van der Waals surface area contributed by atoms with E-state index in [1.807, 2.05) is 6.92 Å². The third kappa shape index (κ3) is 4.07. The van der Waals surface area contributed by atoms with Crippen molar-refractivity contribution >= 4 is 5.97 Å². The lowest BCUT2D eigenvalue weighted by atomic mass is 9.35. The smallest absolute Gasteiger partial charge is 0.302 e. The van der Waals surface area contributed by atoms with Crippen LogP contribution in [0.3, 0.4) is 0 Å². The molecule has 0 bridgehead atoms. The largest absolute Gasteiger partial charge is 0.462 e. The number of aliphatic hydroxyl groups is 1. The fraction of sp³-hybridized carbons (Fsp3) is 0.844. The second-order valence-electron chi connectivity index (χ2n) is 14.3. The number of hydrogen-bond donors (Lipinski definition) is 1. The van der Waals surface area contributed by atoms with Crippen molar-refractivity contribution in [2.75, 3.05) is 0 Å². The first-order valence-electron chi connectivity index (χ1n) is 14.4. The van der Waals surface area contributed by atoms with Crippen LogP contribution in [0.5, 0.6) is 0 Å². The number of allylic oxidation sites excluding steroid dienone is 1. The molecule has 0 aromatic rings. The minimum atomic E-state index is -0.409. The third-order valence-electron chi connectivity index (χ3n) is 12.5. The molecule has 0 aliphatic heterocycles. The molecule has 0 aromatic carbocycles. The summed E-state index contributed by atoms with van der Waals surface area (Å²) >= 11 is 0. The number of carbonyl (C=O) groups excluding carboxylic acids is 1. The molecule has 0 heterocycles. The van der Waals surface area contributed by atoms with E-state index in [0.717, 1.165) is 30.8 Å². The van der Waals surface area contributed by atoms with Crippen LogP contribution in [0.15, 0.2) is 24.3 Å². The molecule has 35 heavy (non-hydrogen) atoms. The molecular formula is C32H52O3. The van der Waals surface area contributed by atoms with Crippen LogP contribution < -0.4 is 0 Å². The van der Waals surface area contributed by atoms with Gasteiger partial charge in [-0.2, -0.15) is 0 Å². The van der Waals surface area contributed by atoms with Gasteiger partial charge in [0.25, 0.3) is 0 Å². The predicted octanol–water partition coefficient (Wildman–Crippen LogP) is 7.88. The summed E-state index contributed by atoms with van der Waals surface area (Å²) in [7, 11) is 0. The van der Waals surface area contributed by atoms with Gasteiger partial charge in [0.2, 0.25) is 0 Å². The van der Waals surface area contributed by atoms with Gasteiger partial charge in [-0.15, -0.1) is 0 Å². The Morgan fingerprint density at radius 3 is 2.20 bits per heavy atom. The summed E-state index contributed by atoms with van der Waals surface area (Å²) in [5, 5.41) is 10.3. The van der Waals surface area contributed by atoms with E-state index >= 15 is 0 Å². The molecular weight excluding hydrogens is 432 g/mol. The lowest BCUT2D eigenvalue weighted by molar-refractivity contribution is -0.226. The molecule has 0 amide bonds. The number of aliphatic hydroxyl groups excluding tert-OH is 1. The molecule has 0 radical (unpaired) electrons. The van der Waals surface area contributed by atoms with Gasteiger partial charge < -0.3 is 9.84 Å². The highest BCUT2D eigenvalue weighted by molar-refractivity contribution is 5.66. The summed E-state index contributed by atoms with van der Waals surface area (Å²) in [6.45, 7) is 24.6. The number of esters is 1. The fourth-order valence-corrected chi connectivity index (χ4v) is 10.4. The zero-order valence-corrected chi connectivity index (χ0v) is 23.7. The Labute approximate surface area is 215 Å². The summed E-state index contributed by atoms with van der Waals surface area (Å²) in [5.74, 6) is 2.50. The van der Waals surface area contributed by atoms with Crippen LogP contribution in [0.1, 0.15) is 113 Å². The zero-order chi connectivity index (χ0) is 26.0. The molecule has 4 aliphatic carbocycles. The van der Waals surface area contributed by atoms with E-state index in [2.05, 4.69) is 47.8 Å². The maximum atomic E-state index is 11.8. The van der Waals surface area contributed by atoms with Crippen LogP contribution in [0.4, 0.5) is 0 Å². The Morgan fingerprint density at radius 1 is 0.914 bits per heavy atom. The summed E-state index contributed by atoms with van der Waals surface area (Å²) in [4.78, 5) is 11.8. The standard InChI is InChI=1S/C32H52O3/c1-20(2)25(34)12-10-21(3)23-14-18-31(8)24(23)11-13-27-30(7)17-16-28(35-22(4)33)29(5,6)26(30)15-19-32(27,31)9/h23-28,34H,1,3,10-19H2,2,4-9H3/t23-,24+,25-,26+,27-,28+,30+,31+,32-/m1/s1. The highest BCUT2D eigenvalue weighted by Gasteiger charge is 2.68. The van der Waals surface area contributed by atoms with Gasteiger partial charge in [0.05, 0.1) is 6.10 Å². The molecule has 4 rings (SSSR count). The summed E-state index contributed by atoms with van der Waals surface area (Å²) in [6.07, 6.45) is 11.2. The second-order valence-corrected chi connectivity index (χ2v) is 14.3. The van der Waals surface area contributed by atoms with E-state index < -0.39 is 6.10 Å². The lowest BCUT2D eigenvalue weighted by Gasteiger charge is -2.70. The van der Waals surface area contributed by atoms with Gasteiger partial charge in [-0.25, -0.2) is 0 Å². The van der Waals surface area contributed by atoms with Gasteiger partial charge in [0.15, 0.2) is 0 Å². The Hall–Kier alpha value is -1.09. The van der Waals surface area contributed by atoms with Crippen molar-refractivity contribution in [1.29, 1.82) is 0 Å². The molecule has 3 nitrogen and oxygen atoms in total. The average molecular weight is 485 g/mol. The predicted molar refractivity (Wildman–Crippen MR) is 144 cm³/mol. The lowest BCUT2D eigenvalue weighted by Crippen LogP contribution is -2.64. The van der Waals surface area contributed by atoms with Gasteiger partial charge in [0.1, 0.15) is 6.10 Å². The first kappa shape index (κ1) is 27.0. The van der Waals surface area contributed by atoms with Crippen molar-refractivity contribution in [3.63, 3.8) is 0 Å². The first-order valence-corrected chi connectivity index (χ1v) is 14.4. The molecule has 0 aromatic heterocycles. The van der Waals surface area contributed by atoms with E-state index in [0.29, 0.717) is 34.0 Å². The van der Waals surface area contributed by atoms with Crippen LogP contribution >= 0.6 is 0 Å². The fourth-order valence-electron chi connectivity index (χ4n) is 10.4. The Kier molecular flexibility index (Phi) is 6.96. The molecule has 0 unspecified atom stereocenters. The average Bonchev–Trinajstić information content (AvgIpc) is 3.12. The maximum absolute atomic E-state index is 11.8. The van der Waals surface area contributed by atoms with E-state index in [4.69, 9.17) is 4.74 Å². The van der Waals surface area contributed by atoms with Crippen LogP contribution in [-0.4, -0.2) is 23.3 Å².